The van der Waals surface area contributed by atoms with Crippen LogP contribution in [-0.4, -0.2) is 32.3 Å². The minimum atomic E-state index is -0.273. The molecule has 0 unspecified atom stereocenters. The summed E-state index contributed by atoms with van der Waals surface area (Å²) in [6.45, 7) is 1.77. The number of hydrogen-bond donors (Lipinski definition) is 3. The SMILES string of the molecule is C[NH+](C)CCNC(=S)Nc1cccc(F)c1. The van der Waals surface area contributed by atoms with Crippen molar-refractivity contribution in [3.63, 3.8) is 0 Å². The molecule has 3 N–H and O–H groups in total. The fraction of sp³-hybridized carbons (Fsp3) is 0.364. The zero-order chi connectivity index (χ0) is 12.0. The van der Waals surface area contributed by atoms with Crippen molar-refractivity contribution in [1.82, 2.24) is 5.32 Å². The lowest BCUT2D eigenvalue weighted by Crippen LogP contribution is -3.06. The Labute approximate surface area is 101 Å². The molecule has 1 aromatic rings. The molecule has 1 aromatic carbocycles. The van der Waals surface area contributed by atoms with Crippen LogP contribution in [0.1, 0.15) is 0 Å². The standard InChI is InChI=1S/C11H16FN3S/c1-15(2)7-6-13-11(16)14-10-5-3-4-9(12)8-10/h3-5,8H,6-7H2,1-2H3,(H2,13,14,16)/p+1. The monoisotopic (exact) mass is 242 g/mol. The molecular weight excluding hydrogens is 225 g/mol. The van der Waals surface area contributed by atoms with Crippen LogP contribution in [0.3, 0.4) is 0 Å². The Morgan fingerprint density at radius 2 is 2.19 bits per heavy atom. The largest absolute Gasteiger partial charge is 0.357 e. The maximum Gasteiger partial charge on any atom is 0.170 e. The number of likely N-dealkylation sites (N-methyl/N-ethyl adjacent to an activating group) is 1. The van der Waals surface area contributed by atoms with E-state index in [0.29, 0.717) is 10.8 Å². The number of halogens is 1. The summed E-state index contributed by atoms with van der Waals surface area (Å²) in [5, 5.41) is 6.51. The minimum Gasteiger partial charge on any atom is -0.357 e. The first-order chi connectivity index (χ1) is 7.58. The van der Waals surface area contributed by atoms with Crippen LogP contribution in [0.2, 0.25) is 0 Å². The molecule has 0 saturated carbocycles. The van der Waals surface area contributed by atoms with E-state index in [4.69, 9.17) is 12.2 Å². The normalized spacial score (nSPS) is 10.2. The lowest BCUT2D eigenvalue weighted by atomic mass is 10.3. The van der Waals surface area contributed by atoms with E-state index in [1.54, 1.807) is 12.1 Å². The average Bonchev–Trinajstić information content (AvgIpc) is 2.16. The highest BCUT2D eigenvalue weighted by Crippen LogP contribution is 2.08. The Morgan fingerprint density at radius 1 is 1.44 bits per heavy atom. The summed E-state index contributed by atoms with van der Waals surface area (Å²) >= 11 is 5.08. The topological polar surface area (TPSA) is 28.5 Å². The first kappa shape index (κ1) is 12.9. The van der Waals surface area contributed by atoms with Crippen LogP contribution in [0.4, 0.5) is 10.1 Å². The van der Waals surface area contributed by atoms with Crippen molar-refractivity contribution in [3.8, 4) is 0 Å². The van der Waals surface area contributed by atoms with Crippen LogP contribution in [0.5, 0.6) is 0 Å². The summed E-state index contributed by atoms with van der Waals surface area (Å²) in [6, 6.07) is 6.22. The Morgan fingerprint density at radius 3 is 2.81 bits per heavy atom. The highest BCUT2D eigenvalue weighted by molar-refractivity contribution is 7.80. The van der Waals surface area contributed by atoms with E-state index in [2.05, 4.69) is 24.7 Å². The molecule has 0 atom stereocenters. The van der Waals surface area contributed by atoms with Gasteiger partial charge in [0.1, 0.15) is 5.82 Å². The van der Waals surface area contributed by atoms with Gasteiger partial charge in [0.15, 0.2) is 5.11 Å². The van der Waals surface area contributed by atoms with Crippen LogP contribution in [0.15, 0.2) is 24.3 Å². The van der Waals surface area contributed by atoms with Crippen molar-refractivity contribution < 1.29 is 9.29 Å². The van der Waals surface area contributed by atoms with Gasteiger partial charge in [-0.25, -0.2) is 4.39 Å². The summed E-state index contributed by atoms with van der Waals surface area (Å²) in [5.74, 6) is -0.273. The van der Waals surface area contributed by atoms with E-state index >= 15 is 0 Å². The minimum absolute atomic E-state index is 0.273. The van der Waals surface area contributed by atoms with Crippen LogP contribution in [0.25, 0.3) is 0 Å². The molecule has 88 valence electrons. The third-order valence-electron chi connectivity index (χ3n) is 1.99. The Balaban J connectivity index is 2.34. The predicted octanol–water partition coefficient (Wildman–Crippen LogP) is 0.257. The smallest absolute Gasteiger partial charge is 0.170 e. The second-order valence-corrected chi connectivity index (χ2v) is 4.26. The number of thiocarbonyl (C=S) groups is 1. The number of nitrogens with one attached hydrogen (secondary N) is 3. The molecule has 3 nitrogen and oxygen atoms in total. The molecule has 0 aliphatic rings. The average molecular weight is 242 g/mol. The Kier molecular flexibility index (Phi) is 5.14. The van der Waals surface area contributed by atoms with Crippen LogP contribution >= 0.6 is 12.2 Å². The van der Waals surface area contributed by atoms with Gasteiger partial charge >= 0.3 is 0 Å². The van der Waals surface area contributed by atoms with Gasteiger partial charge < -0.3 is 15.5 Å². The summed E-state index contributed by atoms with van der Waals surface area (Å²) in [7, 11) is 4.15. The quantitative estimate of drug-likeness (QED) is 0.661. The molecule has 0 heterocycles. The third-order valence-corrected chi connectivity index (χ3v) is 2.24. The van der Waals surface area contributed by atoms with Gasteiger partial charge in [-0.05, 0) is 30.4 Å². The van der Waals surface area contributed by atoms with E-state index in [0.717, 1.165) is 13.1 Å². The van der Waals surface area contributed by atoms with Crippen molar-refractivity contribution in [2.24, 2.45) is 0 Å². The van der Waals surface area contributed by atoms with Gasteiger partial charge in [-0.2, -0.15) is 0 Å². The molecule has 0 saturated heterocycles. The number of rotatable bonds is 4. The van der Waals surface area contributed by atoms with E-state index in [9.17, 15) is 4.39 Å². The van der Waals surface area contributed by atoms with Crippen molar-refractivity contribution in [3.05, 3.63) is 30.1 Å². The Hall–Kier alpha value is -1.20. The molecule has 0 bridgehead atoms. The molecule has 0 spiro atoms. The summed E-state index contributed by atoms with van der Waals surface area (Å²) < 4.78 is 12.9. The van der Waals surface area contributed by atoms with Crippen molar-refractivity contribution >= 4 is 23.0 Å². The number of quaternary nitrogens is 1. The summed E-state index contributed by atoms with van der Waals surface area (Å²) in [4.78, 5) is 1.35. The molecule has 0 amide bonds. The summed E-state index contributed by atoms with van der Waals surface area (Å²) in [6.07, 6.45) is 0. The maximum atomic E-state index is 12.9. The highest BCUT2D eigenvalue weighted by atomic mass is 32.1. The van der Waals surface area contributed by atoms with Gasteiger partial charge in [0.2, 0.25) is 0 Å². The molecule has 0 fully saturated rings. The molecule has 0 aliphatic carbocycles. The summed E-state index contributed by atoms with van der Waals surface area (Å²) in [5.41, 5.74) is 0.662. The zero-order valence-corrected chi connectivity index (χ0v) is 10.3. The molecule has 0 aromatic heterocycles. The van der Waals surface area contributed by atoms with Crippen molar-refractivity contribution in [2.45, 2.75) is 0 Å². The molecule has 1 rings (SSSR count). The van der Waals surface area contributed by atoms with Crippen molar-refractivity contribution in [1.29, 1.82) is 0 Å². The third kappa shape index (κ3) is 5.04. The predicted molar refractivity (Wildman–Crippen MR) is 68.3 cm³/mol. The fourth-order valence-corrected chi connectivity index (χ4v) is 1.39. The van der Waals surface area contributed by atoms with E-state index in [-0.39, 0.29) is 5.82 Å². The van der Waals surface area contributed by atoms with Gasteiger partial charge in [-0.1, -0.05) is 6.07 Å². The van der Waals surface area contributed by atoms with Crippen LogP contribution in [-0.2, 0) is 0 Å². The molecule has 0 aliphatic heterocycles. The van der Waals surface area contributed by atoms with E-state index < -0.39 is 0 Å². The molecule has 16 heavy (non-hydrogen) atoms. The van der Waals surface area contributed by atoms with E-state index in [1.807, 2.05) is 0 Å². The van der Waals surface area contributed by atoms with Crippen molar-refractivity contribution in [2.75, 3.05) is 32.5 Å². The number of anilines is 1. The lowest BCUT2D eigenvalue weighted by Gasteiger charge is -2.11. The zero-order valence-electron chi connectivity index (χ0n) is 9.51. The van der Waals surface area contributed by atoms with E-state index in [1.165, 1.54) is 17.0 Å². The highest BCUT2D eigenvalue weighted by Gasteiger charge is 1.99. The first-order valence-corrected chi connectivity index (χ1v) is 5.58. The fourth-order valence-electron chi connectivity index (χ4n) is 1.17. The lowest BCUT2D eigenvalue weighted by molar-refractivity contribution is -0.856. The van der Waals surface area contributed by atoms with Gasteiger partial charge in [0, 0.05) is 5.69 Å². The molecular formula is C11H17FN3S+. The molecule has 5 heteroatoms. The number of hydrogen-bond acceptors (Lipinski definition) is 1. The van der Waals surface area contributed by atoms with Crippen LogP contribution < -0.4 is 15.5 Å². The second kappa shape index (κ2) is 6.40. The maximum absolute atomic E-state index is 12.9. The van der Waals surface area contributed by atoms with Gasteiger partial charge in [0.25, 0.3) is 0 Å². The van der Waals surface area contributed by atoms with Gasteiger partial charge in [-0.3, -0.25) is 0 Å². The van der Waals surface area contributed by atoms with Gasteiger partial charge in [0.05, 0.1) is 27.2 Å². The second-order valence-electron chi connectivity index (χ2n) is 3.85. The molecule has 0 radical (unpaired) electrons. The van der Waals surface area contributed by atoms with Gasteiger partial charge in [-0.15, -0.1) is 0 Å². The Bertz CT molecular complexity index is 355. The van der Waals surface area contributed by atoms with Crippen LogP contribution in [0, 0.1) is 5.82 Å². The number of benzene rings is 1. The first-order valence-electron chi connectivity index (χ1n) is 5.17.